The molecule has 0 amide bonds. The molecule has 0 saturated carbocycles. The lowest BCUT2D eigenvalue weighted by Crippen LogP contribution is -2.24. The molecular weight excluding hydrogens is 422 g/mol. The van der Waals surface area contributed by atoms with Crippen LogP contribution < -0.4 is 10.0 Å². The number of anilines is 2. The van der Waals surface area contributed by atoms with Gasteiger partial charge in [0.05, 0.1) is 21.6 Å². The predicted molar refractivity (Wildman–Crippen MR) is 119 cm³/mol. The van der Waals surface area contributed by atoms with Gasteiger partial charge >= 0.3 is 5.92 Å². The van der Waals surface area contributed by atoms with E-state index >= 15 is 0 Å². The Morgan fingerprint density at radius 1 is 1.23 bits per heavy atom. The summed E-state index contributed by atoms with van der Waals surface area (Å²) >= 11 is 0. The van der Waals surface area contributed by atoms with Crippen molar-refractivity contribution in [3.05, 3.63) is 48.3 Å². The van der Waals surface area contributed by atoms with Crippen molar-refractivity contribution in [3.63, 3.8) is 0 Å². The molecule has 1 aliphatic rings. The van der Waals surface area contributed by atoms with E-state index in [1.54, 1.807) is 58.4 Å². The molecule has 0 aliphatic carbocycles. The quantitative estimate of drug-likeness (QED) is 0.570. The van der Waals surface area contributed by atoms with E-state index in [0.717, 1.165) is 19.8 Å². The molecule has 1 aromatic heterocycles. The second-order valence-corrected chi connectivity index (χ2v) is 9.50. The normalized spacial score (nSPS) is 16.5. The zero-order chi connectivity index (χ0) is 22.2. The Morgan fingerprint density at radius 2 is 1.90 bits per heavy atom. The Hall–Kier alpha value is -2.52. The van der Waals surface area contributed by atoms with Crippen LogP contribution in [-0.4, -0.2) is 34.0 Å². The molecule has 9 heteroatoms. The summed E-state index contributed by atoms with van der Waals surface area (Å²) in [6.45, 7) is 2.66. The lowest BCUT2D eigenvalue weighted by Gasteiger charge is -2.24. The number of benzene rings is 2. The molecule has 1 unspecified atom stereocenters. The molecule has 4 rings (SSSR count). The minimum absolute atomic E-state index is 0.242. The average molecular weight is 449 g/mol. The van der Waals surface area contributed by atoms with Gasteiger partial charge in [-0.1, -0.05) is 0 Å². The Labute approximate surface area is 182 Å². The van der Waals surface area contributed by atoms with Gasteiger partial charge in [-0.3, -0.25) is 4.31 Å². The molecular formula is C22H26F2N4O2S. The summed E-state index contributed by atoms with van der Waals surface area (Å²) in [5.41, 5.74) is 8.03. The number of halogens is 2. The van der Waals surface area contributed by atoms with Gasteiger partial charge in [-0.15, -0.1) is 0 Å². The Bertz CT molecular complexity index is 1090. The van der Waals surface area contributed by atoms with Crippen molar-refractivity contribution in [1.82, 2.24) is 9.55 Å². The summed E-state index contributed by atoms with van der Waals surface area (Å²) in [6.07, 6.45) is 1.69. The molecule has 0 spiro atoms. The fraction of sp³-hybridized carbons (Fsp3) is 0.409. The van der Waals surface area contributed by atoms with Crippen LogP contribution in [0.1, 0.15) is 25.6 Å². The van der Waals surface area contributed by atoms with Crippen LogP contribution in [0.5, 0.6) is 0 Å². The van der Waals surface area contributed by atoms with Crippen molar-refractivity contribution in [2.45, 2.75) is 37.1 Å². The number of hydrogen-bond acceptors (Lipinski definition) is 4. The summed E-state index contributed by atoms with van der Waals surface area (Å²) in [7, 11) is 0.226. The van der Waals surface area contributed by atoms with Gasteiger partial charge in [-0.2, -0.15) is 8.78 Å². The van der Waals surface area contributed by atoms with Gasteiger partial charge in [0, 0.05) is 39.4 Å². The molecule has 3 aromatic rings. The number of imidazole rings is 1. The van der Waals surface area contributed by atoms with Crippen LogP contribution >= 0.6 is 0 Å². The molecule has 2 N–H and O–H groups in total. The van der Waals surface area contributed by atoms with Crippen molar-refractivity contribution in [3.8, 4) is 0 Å². The van der Waals surface area contributed by atoms with Crippen LogP contribution in [0.3, 0.4) is 0 Å². The first-order valence-corrected chi connectivity index (χ1v) is 11.3. The van der Waals surface area contributed by atoms with Crippen molar-refractivity contribution < 1.29 is 17.7 Å². The van der Waals surface area contributed by atoms with Crippen molar-refractivity contribution in [1.29, 1.82) is 0 Å². The van der Waals surface area contributed by atoms with Crippen molar-refractivity contribution in [2.75, 3.05) is 30.3 Å². The van der Waals surface area contributed by atoms with Gasteiger partial charge in [-0.25, -0.2) is 9.19 Å². The maximum absolute atomic E-state index is 14.4. The summed E-state index contributed by atoms with van der Waals surface area (Å²) in [6, 6.07) is 12.1. The number of nitrogens with two attached hydrogens (primary N) is 1. The smallest absolute Gasteiger partial charge is 0.302 e. The number of aromatic nitrogens is 2. The molecule has 6 nitrogen and oxygen atoms in total. The van der Waals surface area contributed by atoms with E-state index in [-0.39, 0.29) is 11.7 Å². The van der Waals surface area contributed by atoms with E-state index in [9.17, 15) is 13.0 Å². The highest BCUT2D eigenvalue weighted by Gasteiger charge is 2.33. The minimum atomic E-state index is -3.07. The standard InChI is InChI=1S/C22H26F2N4O2S/c1-22(23,24)21-26-19-13-17(27(2)31(29)18-6-3-16(25)4-7-18)5-8-20(19)28(21)14-15-9-11-30-12-10-15/h3-8,13,15H,9-12,14,25H2,1-2H3. The lowest BCUT2D eigenvalue weighted by molar-refractivity contribution is 0.00222. The molecule has 166 valence electrons. The topological polar surface area (TPSA) is 73.4 Å². The molecule has 0 radical (unpaired) electrons. The van der Waals surface area contributed by atoms with E-state index in [0.29, 0.717) is 47.1 Å². The Morgan fingerprint density at radius 3 is 2.55 bits per heavy atom. The summed E-state index contributed by atoms with van der Waals surface area (Å²) in [4.78, 5) is 4.88. The van der Waals surface area contributed by atoms with Crippen LogP contribution in [0.2, 0.25) is 0 Å². The molecule has 1 aliphatic heterocycles. The second-order valence-electron chi connectivity index (χ2n) is 7.98. The number of ether oxygens (including phenoxy) is 1. The number of nitrogen functional groups attached to an aromatic ring is 1. The summed E-state index contributed by atoms with van der Waals surface area (Å²) in [5, 5.41) is 0. The zero-order valence-corrected chi connectivity index (χ0v) is 18.4. The number of nitrogens with zero attached hydrogens (tertiary/aromatic N) is 3. The molecule has 1 atom stereocenters. The van der Waals surface area contributed by atoms with Crippen LogP contribution in [0.4, 0.5) is 20.2 Å². The molecule has 2 heterocycles. The van der Waals surface area contributed by atoms with Crippen LogP contribution in [0.25, 0.3) is 11.0 Å². The number of alkyl halides is 2. The van der Waals surface area contributed by atoms with Gasteiger partial charge in [0.2, 0.25) is 0 Å². The van der Waals surface area contributed by atoms with E-state index in [1.807, 2.05) is 0 Å². The third-order valence-corrected chi connectivity index (χ3v) is 6.98. The van der Waals surface area contributed by atoms with Crippen molar-refractivity contribution in [2.24, 2.45) is 5.92 Å². The fourth-order valence-electron chi connectivity index (χ4n) is 3.86. The third-order valence-electron chi connectivity index (χ3n) is 5.60. The number of rotatable bonds is 6. The number of hydrogen-bond donors (Lipinski definition) is 1. The van der Waals surface area contributed by atoms with E-state index in [2.05, 4.69) is 4.98 Å². The second kappa shape index (κ2) is 8.55. The molecule has 31 heavy (non-hydrogen) atoms. The highest BCUT2D eigenvalue weighted by atomic mass is 32.2. The monoisotopic (exact) mass is 448 g/mol. The molecule has 0 bridgehead atoms. The van der Waals surface area contributed by atoms with E-state index in [4.69, 9.17) is 10.5 Å². The lowest BCUT2D eigenvalue weighted by atomic mass is 10.00. The first-order chi connectivity index (χ1) is 14.7. The molecule has 1 saturated heterocycles. The van der Waals surface area contributed by atoms with Gasteiger partial charge in [0.25, 0.3) is 0 Å². The van der Waals surface area contributed by atoms with Gasteiger partial charge in [0.15, 0.2) is 16.8 Å². The first kappa shape index (κ1) is 21.7. The van der Waals surface area contributed by atoms with Gasteiger partial charge in [0.1, 0.15) is 0 Å². The van der Waals surface area contributed by atoms with Crippen molar-refractivity contribution >= 4 is 33.4 Å². The minimum Gasteiger partial charge on any atom is -0.399 e. The van der Waals surface area contributed by atoms with Gasteiger partial charge in [-0.05, 0) is 61.2 Å². The number of fused-ring (bicyclic) bond motifs is 1. The zero-order valence-electron chi connectivity index (χ0n) is 17.6. The average Bonchev–Trinajstić information content (AvgIpc) is 3.12. The Kier molecular flexibility index (Phi) is 5.98. The van der Waals surface area contributed by atoms with E-state index < -0.39 is 16.9 Å². The highest BCUT2D eigenvalue weighted by Crippen LogP contribution is 2.33. The largest absolute Gasteiger partial charge is 0.399 e. The maximum atomic E-state index is 14.4. The van der Waals surface area contributed by atoms with Crippen LogP contribution in [0.15, 0.2) is 47.4 Å². The maximum Gasteiger partial charge on any atom is 0.302 e. The van der Waals surface area contributed by atoms with Crippen LogP contribution in [0, 0.1) is 5.92 Å². The SMILES string of the molecule is CN(c1ccc2c(c1)nc(C(C)(F)F)n2CC1CCOCC1)S(=O)c1ccc(N)cc1. The van der Waals surface area contributed by atoms with E-state index in [1.165, 1.54) is 0 Å². The summed E-state index contributed by atoms with van der Waals surface area (Å²) < 4.78 is 50.3. The predicted octanol–water partition coefficient (Wildman–Crippen LogP) is 4.32. The fourth-order valence-corrected chi connectivity index (χ4v) is 4.85. The third kappa shape index (κ3) is 4.57. The summed E-state index contributed by atoms with van der Waals surface area (Å²) in [5.74, 6) is -3.04. The van der Waals surface area contributed by atoms with Gasteiger partial charge < -0.3 is 15.0 Å². The first-order valence-electron chi connectivity index (χ1n) is 10.2. The molecule has 1 fully saturated rings. The Balaban J connectivity index is 1.68. The highest BCUT2D eigenvalue weighted by molar-refractivity contribution is 7.86. The van der Waals surface area contributed by atoms with Crippen LogP contribution in [-0.2, 0) is 28.2 Å². The molecule has 2 aromatic carbocycles.